The quantitative estimate of drug-likeness (QED) is 0.462. The molecule has 0 aliphatic rings. The molecule has 1 heterocycles. The van der Waals surface area contributed by atoms with E-state index >= 15 is 0 Å². The number of halogens is 2. The van der Waals surface area contributed by atoms with E-state index in [1.165, 1.54) is 11.3 Å². The van der Waals surface area contributed by atoms with Gasteiger partial charge < -0.3 is 4.74 Å². The molecule has 1 aromatic carbocycles. The minimum absolute atomic E-state index is 0.268. The van der Waals surface area contributed by atoms with Crippen LogP contribution in [0.3, 0.4) is 0 Å². The highest BCUT2D eigenvalue weighted by Crippen LogP contribution is 2.28. The Morgan fingerprint density at radius 3 is 2.80 bits per heavy atom. The molecule has 0 spiro atoms. The normalized spacial score (nSPS) is 10.3. The standard InChI is InChI=1S/C12H7BrFNO4S/c13-8-3-4-20-12(8)10(16)6-19-11-5-7(14)1-2-9(11)15(17)18/h1-5H,6H2. The molecule has 8 heteroatoms. The van der Waals surface area contributed by atoms with Crippen LogP contribution in [0.5, 0.6) is 5.75 Å². The van der Waals surface area contributed by atoms with Gasteiger partial charge in [0.1, 0.15) is 5.82 Å². The Kier molecular flexibility index (Phi) is 4.46. The van der Waals surface area contributed by atoms with E-state index in [9.17, 15) is 19.3 Å². The summed E-state index contributed by atoms with van der Waals surface area (Å²) in [6.45, 7) is -0.399. The maximum Gasteiger partial charge on any atom is 0.311 e. The first kappa shape index (κ1) is 14.6. The molecule has 0 bridgehead atoms. The van der Waals surface area contributed by atoms with Gasteiger partial charge in [-0.05, 0) is 33.4 Å². The van der Waals surface area contributed by atoms with Crippen LogP contribution in [-0.4, -0.2) is 17.3 Å². The van der Waals surface area contributed by atoms with Gasteiger partial charge in [0, 0.05) is 16.6 Å². The second-order valence-electron chi connectivity index (χ2n) is 3.68. The van der Waals surface area contributed by atoms with E-state index in [-0.39, 0.29) is 17.2 Å². The minimum atomic E-state index is -0.694. The first-order chi connectivity index (χ1) is 9.49. The van der Waals surface area contributed by atoms with Crippen LogP contribution in [0, 0.1) is 15.9 Å². The van der Waals surface area contributed by atoms with E-state index in [1.807, 2.05) is 0 Å². The van der Waals surface area contributed by atoms with E-state index in [0.29, 0.717) is 9.35 Å². The van der Waals surface area contributed by atoms with Crippen molar-refractivity contribution in [3.63, 3.8) is 0 Å². The summed E-state index contributed by atoms with van der Waals surface area (Å²) in [5, 5.41) is 12.5. The molecule has 0 saturated carbocycles. The predicted molar refractivity (Wildman–Crippen MR) is 74.9 cm³/mol. The van der Waals surface area contributed by atoms with Crippen molar-refractivity contribution in [3.8, 4) is 5.75 Å². The average molecular weight is 360 g/mol. The molecule has 0 fully saturated rings. The molecule has 0 atom stereocenters. The fourth-order valence-corrected chi connectivity index (χ4v) is 2.98. The number of ether oxygens (including phenoxy) is 1. The van der Waals surface area contributed by atoms with Crippen LogP contribution in [0.15, 0.2) is 34.1 Å². The number of nitrogens with zero attached hydrogens (tertiary/aromatic N) is 1. The number of nitro groups is 1. The molecule has 1 aromatic heterocycles. The minimum Gasteiger partial charge on any atom is -0.478 e. The van der Waals surface area contributed by atoms with Gasteiger partial charge >= 0.3 is 5.69 Å². The summed E-state index contributed by atoms with van der Waals surface area (Å²) in [5.74, 6) is -1.28. The Balaban J connectivity index is 2.15. The second kappa shape index (κ2) is 6.10. The number of carbonyl (C=O) groups is 1. The summed E-state index contributed by atoms with van der Waals surface area (Å²) in [6.07, 6.45) is 0. The number of ketones is 1. The Morgan fingerprint density at radius 1 is 1.45 bits per heavy atom. The highest BCUT2D eigenvalue weighted by molar-refractivity contribution is 9.10. The lowest BCUT2D eigenvalue weighted by atomic mass is 10.3. The van der Waals surface area contributed by atoms with E-state index in [4.69, 9.17) is 4.74 Å². The van der Waals surface area contributed by atoms with Gasteiger partial charge in [-0.15, -0.1) is 11.3 Å². The van der Waals surface area contributed by atoms with Gasteiger partial charge in [0.25, 0.3) is 0 Å². The Hall–Kier alpha value is -1.80. The molecule has 0 amide bonds. The number of rotatable bonds is 5. The van der Waals surface area contributed by atoms with E-state index in [0.717, 1.165) is 18.2 Å². The third-order valence-electron chi connectivity index (χ3n) is 2.35. The molecular weight excluding hydrogens is 353 g/mol. The molecule has 2 aromatic rings. The first-order valence-electron chi connectivity index (χ1n) is 5.32. The van der Waals surface area contributed by atoms with Gasteiger partial charge in [-0.3, -0.25) is 14.9 Å². The van der Waals surface area contributed by atoms with Gasteiger partial charge in [-0.25, -0.2) is 4.39 Å². The van der Waals surface area contributed by atoms with Gasteiger partial charge in [0.15, 0.2) is 12.4 Å². The molecular formula is C12H7BrFNO4S. The molecule has 104 valence electrons. The Bertz CT molecular complexity index is 673. The van der Waals surface area contributed by atoms with Crippen LogP contribution in [-0.2, 0) is 0 Å². The Morgan fingerprint density at radius 2 is 2.20 bits per heavy atom. The highest BCUT2D eigenvalue weighted by atomic mass is 79.9. The van der Waals surface area contributed by atoms with Crippen molar-refractivity contribution in [2.75, 3.05) is 6.61 Å². The largest absolute Gasteiger partial charge is 0.478 e. The number of hydrogen-bond donors (Lipinski definition) is 0. The van der Waals surface area contributed by atoms with Crippen LogP contribution < -0.4 is 4.74 Å². The molecule has 5 nitrogen and oxygen atoms in total. The zero-order valence-electron chi connectivity index (χ0n) is 9.84. The van der Waals surface area contributed by atoms with Crippen LogP contribution >= 0.6 is 27.3 Å². The van der Waals surface area contributed by atoms with Gasteiger partial charge in [0.2, 0.25) is 5.78 Å². The zero-order valence-corrected chi connectivity index (χ0v) is 12.2. The van der Waals surface area contributed by atoms with E-state index in [1.54, 1.807) is 11.4 Å². The highest BCUT2D eigenvalue weighted by Gasteiger charge is 2.18. The van der Waals surface area contributed by atoms with Gasteiger partial charge in [-0.2, -0.15) is 0 Å². The van der Waals surface area contributed by atoms with E-state index in [2.05, 4.69) is 15.9 Å². The van der Waals surface area contributed by atoms with Crippen molar-refractivity contribution >= 4 is 38.7 Å². The molecule has 0 radical (unpaired) electrons. The van der Waals surface area contributed by atoms with Crippen molar-refractivity contribution < 1.29 is 18.8 Å². The van der Waals surface area contributed by atoms with Crippen molar-refractivity contribution in [3.05, 3.63) is 54.9 Å². The number of hydrogen-bond acceptors (Lipinski definition) is 5. The number of thiophene rings is 1. The van der Waals surface area contributed by atoms with Crippen molar-refractivity contribution in [2.45, 2.75) is 0 Å². The summed E-state index contributed by atoms with van der Waals surface area (Å²) in [4.78, 5) is 22.4. The molecule has 0 saturated heterocycles. The van der Waals surface area contributed by atoms with Crippen LogP contribution in [0.1, 0.15) is 9.67 Å². The summed E-state index contributed by atoms with van der Waals surface area (Å²) in [5.41, 5.74) is -0.385. The third-order valence-corrected chi connectivity index (χ3v) is 4.23. The number of carbonyl (C=O) groups excluding carboxylic acids is 1. The van der Waals surface area contributed by atoms with Crippen LogP contribution in [0.25, 0.3) is 0 Å². The maximum atomic E-state index is 13.1. The maximum absolute atomic E-state index is 13.1. The van der Waals surface area contributed by atoms with Crippen molar-refractivity contribution in [1.82, 2.24) is 0 Å². The van der Waals surface area contributed by atoms with Crippen molar-refractivity contribution in [1.29, 1.82) is 0 Å². The van der Waals surface area contributed by atoms with E-state index < -0.39 is 17.3 Å². The second-order valence-corrected chi connectivity index (χ2v) is 5.45. The molecule has 2 rings (SSSR count). The smallest absolute Gasteiger partial charge is 0.311 e. The van der Waals surface area contributed by atoms with Crippen LogP contribution in [0.4, 0.5) is 10.1 Å². The fraction of sp³-hybridized carbons (Fsp3) is 0.0833. The average Bonchev–Trinajstić information content (AvgIpc) is 2.82. The molecule has 20 heavy (non-hydrogen) atoms. The summed E-state index contributed by atoms with van der Waals surface area (Å²) in [7, 11) is 0. The lowest BCUT2D eigenvalue weighted by Crippen LogP contribution is -2.11. The molecule has 0 unspecified atom stereocenters. The fourth-order valence-electron chi connectivity index (χ4n) is 1.46. The number of Topliss-reactive ketones (excluding diaryl/α,β-unsaturated/α-hetero) is 1. The molecule has 0 N–H and O–H groups in total. The van der Waals surface area contributed by atoms with Gasteiger partial charge in [-0.1, -0.05) is 0 Å². The lowest BCUT2D eigenvalue weighted by Gasteiger charge is -2.05. The Labute approximate surface area is 125 Å². The zero-order chi connectivity index (χ0) is 14.7. The van der Waals surface area contributed by atoms with Crippen LogP contribution in [0.2, 0.25) is 0 Å². The molecule has 0 aliphatic carbocycles. The number of benzene rings is 1. The SMILES string of the molecule is O=C(COc1cc(F)ccc1[N+](=O)[O-])c1sccc1Br. The third kappa shape index (κ3) is 3.20. The summed E-state index contributed by atoms with van der Waals surface area (Å²) < 4.78 is 18.8. The lowest BCUT2D eigenvalue weighted by molar-refractivity contribution is -0.385. The summed E-state index contributed by atoms with van der Waals surface area (Å²) in [6, 6.07) is 4.55. The predicted octanol–water partition coefficient (Wildman–Crippen LogP) is 3.82. The summed E-state index contributed by atoms with van der Waals surface area (Å²) >= 11 is 4.43. The monoisotopic (exact) mass is 359 g/mol. The topological polar surface area (TPSA) is 69.4 Å². The van der Waals surface area contributed by atoms with Gasteiger partial charge in [0.05, 0.1) is 9.80 Å². The number of nitro benzene ring substituents is 1. The first-order valence-corrected chi connectivity index (χ1v) is 6.99. The van der Waals surface area contributed by atoms with Crippen molar-refractivity contribution in [2.24, 2.45) is 0 Å². The molecule has 0 aliphatic heterocycles.